The lowest BCUT2D eigenvalue weighted by Gasteiger charge is -2.11. The van der Waals surface area contributed by atoms with E-state index in [2.05, 4.69) is 32.0 Å². The minimum absolute atomic E-state index is 0.524. The zero-order valence-corrected chi connectivity index (χ0v) is 11.3. The van der Waals surface area contributed by atoms with Crippen LogP contribution in [0.2, 0.25) is 0 Å². The molecule has 0 heterocycles. The standard InChI is InChI=1S/C12H19ClSi/c1-3-6-10-8-5-9-12(14-13)11(10)7-4-2/h5,8-9H,3-4,6-7,14H2,1-2H3. The summed E-state index contributed by atoms with van der Waals surface area (Å²) >= 11 is 6.08. The summed E-state index contributed by atoms with van der Waals surface area (Å²) in [6.45, 7) is 4.48. The first-order chi connectivity index (χ1) is 6.83. The number of aryl methyl sites for hydroxylation is 1. The van der Waals surface area contributed by atoms with Crippen molar-refractivity contribution in [1.82, 2.24) is 0 Å². The lowest BCUT2D eigenvalue weighted by atomic mass is 10.00. The molecule has 0 saturated carbocycles. The van der Waals surface area contributed by atoms with Crippen LogP contribution in [0.4, 0.5) is 0 Å². The maximum atomic E-state index is 6.08. The third-order valence-corrected chi connectivity index (χ3v) is 4.35. The van der Waals surface area contributed by atoms with Crippen molar-refractivity contribution < 1.29 is 0 Å². The third kappa shape index (κ3) is 2.86. The molecule has 0 aliphatic carbocycles. The molecule has 0 saturated heterocycles. The first-order valence-electron chi connectivity index (χ1n) is 5.49. The summed E-state index contributed by atoms with van der Waals surface area (Å²) in [5.74, 6) is 0. The molecular weight excluding hydrogens is 208 g/mol. The molecule has 0 N–H and O–H groups in total. The fraction of sp³-hybridized carbons (Fsp3) is 0.500. The van der Waals surface area contributed by atoms with Crippen LogP contribution in [-0.2, 0) is 12.8 Å². The first-order valence-corrected chi connectivity index (χ1v) is 8.33. The van der Waals surface area contributed by atoms with Crippen molar-refractivity contribution in [2.24, 2.45) is 0 Å². The fourth-order valence-corrected chi connectivity index (χ4v) is 3.43. The SMILES string of the molecule is CCCc1cccc([SiH2]Cl)c1CCC. The predicted octanol–water partition coefficient (Wildman–Crippen LogP) is 2.54. The van der Waals surface area contributed by atoms with Crippen LogP contribution in [0.25, 0.3) is 0 Å². The number of benzene rings is 1. The molecule has 0 aromatic heterocycles. The van der Waals surface area contributed by atoms with E-state index in [1.807, 2.05) is 0 Å². The quantitative estimate of drug-likeness (QED) is 0.535. The van der Waals surface area contributed by atoms with E-state index in [9.17, 15) is 0 Å². The first kappa shape index (κ1) is 11.8. The largest absolute Gasteiger partial charge is 0.170 e. The lowest BCUT2D eigenvalue weighted by Crippen LogP contribution is -2.17. The van der Waals surface area contributed by atoms with Crippen LogP contribution < -0.4 is 5.19 Å². The summed E-state index contributed by atoms with van der Waals surface area (Å²) in [6.07, 6.45) is 4.85. The molecule has 0 amide bonds. The Morgan fingerprint density at radius 2 is 1.86 bits per heavy atom. The normalized spacial score (nSPS) is 11.4. The van der Waals surface area contributed by atoms with Crippen molar-refractivity contribution in [3.05, 3.63) is 29.3 Å². The molecule has 0 unspecified atom stereocenters. The summed E-state index contributed by atoms with van der Waals surface area (Å²) < 4.78 is 0. The topological polar surface area (TPSA) is 0 Å². The fourth-order valence-electron chi connectivity index (χ4n) is 1.89. The summed E-state index contributed by atoms with van der Waals surface area (Å²) in [5, 5.41) is 1.46. The summed E-state index contributed by atoms with van der Waals surface area (Å²) in [5.41, 5.74) is 3.08. The molecule has 0 atom stereocenters. The number of hydrogen-bond donors (Lipinski definition) is 0. The Hall–Kier alpha value is -0.273. The second-order valence-corrected chi connectivity index (χ2v) is 5.52. The van der Waals surface area contributed by atoms with Crippen molar-refractivity contribution in [1.29, 1.82) is 0 Å². The van der Waals surface area contributed by atoms with Crippen LogP contribution in [0.3, 0.4) is 0 Å². The van der Waals surface area contributed by atoms with Gasteiger partial charge in [0.2, 0.25) is 0 Å². The minimum atomic E-state index is -0.524. The van der Waals surface area contributed by atoms with Crippen LogP contribution in [0.5, 0.6) is 0 Å². The van der Waals surface area contributed by atoms with Gasteiger partial charge in [-0.25, -0.2) is 0 Å². The molecule has 0 bridgehead atoms. The molecule has 0 aliphatic heterocycles. The van der Waals surface area contributed by atoms with E-state index >= 15 is 0 Å². The highest BCUT2D eigenvalue weighted by Gasteiger charge is 2.05. The van der Waals surface area contributed by atoms with E-state index in [-0.39, 0.29) is 0 Å². The van der Waals surface area contributed by atoms with Gasteiger partial charge in [0.05, 0.1) is 0 Å². The molecule has 2 heteroatoms. The van der Waals surface area contributed by atoms with Crippen molar-refractivity contribution in [2.75, 3.05) is 0 Å². The van der Waals surface area contributed by atoms with Gasteiger partial charge in [0.1, 0.15) is 0 Å². The van der Waals surface area contributed by atoms with E-state index in [0.717, 1.165) is 0 Å². The second kappa shape index (κ2) is 6.26. The van der Waals surface area contributed by atoms with Gasteiger partial charge < -0.3 is 0 Å². The Morgan fingerprint density at radius 3 is 2.43 bits per heavy atom. The van der Waals surface area contributed by atoms with Gasteiger partial charge in [0, 0.05) is 0 Å². The minimum Gasteiger partial charge on any atom is -0.170 e. The highest BCUT2D eigenvalue weighted by molar-refractivity contribution is 7.01. The van der Waals surface area contributed by atoms with E-state index in [1.54, 1.807) is 5.56 Å². The molecule has 0 spiro atoms. The molecule has 14 heavy (non-hydrogen) atoms. The Kier molecular flexibility index (Phi) is 5.27. The van der Waals surface area contributed by atoms with Crippen molar-refractivity contribution >= 4 is 25.1 Å². The van der Waals surface area contributed by atoms with Gasteiger partial charge in [-0.05, 0) is 29.2 Å². The molecular formula is C12H19ClSi. The summed E-state index contributed by atoms with van der Waals surface area (Å²) in [4.78, 5) is 0. The molecule has 0 fully saturated rings. The maximum Gasteiger partial charge on any atom is 0.156 e. The van der Waals surface area contributed by atoms with Gasteiger partial charge in [0.25, 0.3) is 0 Å². The van der Waals surface area contributed by atoms with Crippen molar-refractivity contribution in [2.45, 2.75) is 39.5 Å². The van der Waals surface area contributed by atoms with Crippen molar-refractivity contribution in [3.8, 4) is 0 Å². The maximum absolute atomic E-state index is 6.08. The molecule has 0 radical (unpaired) electrons. The second-order valence-electron chi connectivity index (χ2n) is 3.69. The smallest absolute Gasteiger partial charge is 0.156 e. The van der Waals surface area contributed by atoms with Crippen LogP contribution >= 0.6 is 11.1 Å². The highest BCUT2D eigenvalue weighted by atomic mass is 35.6. The van der Waals surface area contributed by atoms with E-state index < -0.39 is 8.83 Å². The summed E-state index contributed by atoms with van der Waals surface area (Å²) in [7, 11) is -0.524. The monoisotopic (exact) mass is 226 g/mol. The summed E-state index contributed by atoms with van der Waals surface area (Å²) in [6, 6.07) is 6.64. The van der Waals surface area contributed by atoms with Gasteiger partial charge in [-0.15, -0.1) is 0 Å². The lowest BCUT2D eigenvalue weighted by molar-refractivity contribution is 0.866. The van der Waals surface area contributed by atoms with Crippen LogP contribution in [-0.4, -0.2) is 8.83 Å². The van der Waals surface area contributed by atoms with Gasteiger partial charge in [-0.3, -0.25) is 0 Å². The molecule has 0 aliphatic rings. The Labute approximate surface area is 94.2 Å². The Bertz CT molecular complexity index is 284. The zero-order chi connectivity index (χ0) is 10.4. The number of rotatable bonds is 5. The van der Waals surface area contributed by atoms with E-state index in [1.165, 1.54) is 36.4 Å². The Morgan fingerprint density at radius 1 is 1.14 bits per heavy atom. The van der Waals surface area contributed by atoms with Gasteiger partial charge >= 0.3 is 0 Å². The van der Waals surface area contributed by atoms with Crippen LogP contribution in [0.1, 0.15) is 37.8 Å². The van der Waals surface area contributed by atoms with Gasteiger partial charge in [-0.1, -0.05) is 44.9 Å². The number of halogens is 1. The van der Waals surface area contributed by atoms with Crippen LogP contribution in [0.15, 0.2) is 18.2 Å². The van der Waals surface area contributed by atoms with E-state index in [0.29, 0.717) is 0 Å². The van der Waals surface area contributed by atoms with E-state index in [4.69, 9.17) is 11.1 Å². The van der Waals surface area contributed by atoms with Crippen molar-refractivity contribution in [3.63, 3.8) is 0 Å². The molecule has 1 aromatic carbocycles. The molecule has 0 nitrogen and oxygen atoms in total. The average molecular weight is 227 g/mol. The average Bonchev–Trinajstić information content (AvgIpc) is 2.21. The van der Waals surface area contributed by atoms with Gasteiger partial charge in [0.15, 0.2) is 8.83 Å². The molecule has 1 aromatic rings. The Balaban J connectivity index is 3.00. The third-order valence-electron chi connectivity index (χ3n) is 2.53. The van der Waals surface area contributed by atoms with Gasteiger partial charge in [-0.2, -0.15) is 11.1 Å². The zero-order valence-electron chi connectivity index (χ0n) is 9.15. The molecule has 1 rings (SSSR count). The predicted molar refractivity (Wildman–Crippen MR) is 68.5 cm³/mol. The molecule has 78 valence electrons. The number of hydrogen-bond acceptors (Lipinski definition) is 0. The van der Waals surface area contributed by atoms with Crippen LogP contribution in [0, 0.1) is 0 Å². The highest BCUT2D eigenvalue weighted by Crippen LogP contribution is 2.11.